The number of amides is 1. The largest absolute Gasteiger partial charge is 0.483 e. The number of nitrogens with one attached hydrogen (secondary N) is 1. The van der Waals surface area contributed by atoms with Gasteiger partial charge in [-0.1, -0.05) is 13.0 Å². The first-order chi connectivity index (χ1) is 13.1. The second-order valence-corrected chi connectivity index (χ2v) is 8.25. The molecule has 2 aromatic rings. The molecule has 0 aliphatic heterocycles. The van der Waals surface area contributed by atoms with Crippen molar-refractivity contribution in [1.29, 1.82) is 0 Å². The van der Waals surface area contributed by atoms with Gasteiger partial charge in [0.2, 0.25) is 10.0 Å². The summed E-state index contributed by atoms with van der Waals surface area (Å²) in [5.41, 5.74) is 1.16. The van der Waals surface area contributed by atoms with Crippen molar-refractivity contribution in [2.45, 2.75) is 31.1 Å². The maximum atomic E-state index is 14.0. The SMILES string of the molecule is Cc1ccc(NC(=O)COc2ccc(F)c3c2C(=O)CC3C)cc1S(N)(=O)=O. The van der Waals surface area contributed by atoms with Crippen LogP contribution in [-0.4, -0.2) is 26.7 Å². The monoisotopic (exact) mass is 406 g/mol. The van der Waals surface area contributed by atoms with Crippen LogP contribution >= 0.6 is 0 Å². The Balaban J connectivity index is 1.74. The number of nitrogens with two attached hydrogens (primary N) is 1. The number of rotatable bonds is 5. The van der Waals surface area contributed by atoms with Crippen molar-refractivity contribution in [3.8, 4) is 5.75 Å². The van der Waals surface area contributed by atoms with Crippen molar-refractivity contribution < 1.29 is 27.1 Å². The van der Waals surface area contributed by atoms with E-state index in [2.05, 4.69) is 5.32 Å². The minimum absolute atomic E-state index is 0.0952. The Morgan fingerprint density at radius 3 is 2.71 bits per heavy atom. The van der Waals surface area contributed by atoms with Gasteiger partial charge in [0, 0.05) is 17.7 Å². The molecule has 1 atom stereocenters. The number of Topliss-reactive ketones (excluding diaryl/α,β-unsaturated/α-hetero) is 1. The van der Waals surface area contributed by atoms with Crippen molar-refractivity contribution >= 4 is 27.4 Å². The van der Waals surface area contributed by atoms with Crippen LogP contribution in [0.4, 0.5) is 10.1 Å². The highest BCUT2D eigenvalue weighted by Gasteiger charge is 2.32. The Kier molecular flexibility index (Phi) is 5.22. The van der Waals surface area contributed by atoms with E-state index in [9.17, 15) is 22.4 Å². The van der Waals surface area contributed by atoms with Crippen LogP contribution in [0.1, 0.15) is 40.7 Å². The van der Waals surface area contributed by atoms with Gasteiger partial charge in [0.15, 0.2) is 12.4 Å². The fourth-order valence-corrected chi connectivity index (χ4v) is 4.08. The molecule has 2 aromatic carbocycles. The molecule has 1 aliphatic carbocycles. The lowest BCUT2D eigenvalue weighted by atomic mass is 10.0. The number of benzene rings is 2. The zero-order valence-corrected chi connectivity index (χ0v) is 16.1. The number of aryl methyl sites for hydroxylation is 1. The Hall–Kier alpha value is -2.78. The van der Waals surface area contributed by atoms with Gasteiger partial charge in [-0.05, 0) is 42.7 Å². The number of fused-ring (bicyclic) bond motifs is 1. The molecule has 28 heavy (non-hydrogen) atoms. The molecule has 148 valence electrons. The molecular formula is C19H19FN2O5S. The summed E-state index contributed by atoms with van der Waals surface area (Å²) >= 11 is 0. The smallest absolute Gasteiger partial charge is 0.262 e. The van der Waals surface area contributed by atoms with E-state index >= 15 is 0 Å². The summed E-state index contributed by atoms with van der Waals surface area (Å²) in [6, 6.07) is 6.83. The number of carbonyl (C=O) groups excluding carboxylic acids is 2. The van der Waals surface area contributed by atoms with Crippen molar-refractivity contribution in [2.24, 2.45) is 5.14 Å². The van der Waals surface area contributed by atoms with Gasteiger partial charge in [-0.2, -0.15) is 0 Å². The lowest BCUT2D eigenvalue weighted by Crippen LogP contribution is -2.21. The molecule has 0 aromatic heterocycles. The third kappa shape index (κ3) is 3.90. The van der Waals surface area contributed by atoms with Crippen LogP contribution < -0.4 is 15.2 Å². The summed E-state index contributed by atoms with van der Waals surface area (Å²) in [5.74, 6) is -1.37. The highest BCUT2D eigenvalue weighted by molar-refractivity contribution is 7.89. The number of anilines is 1. The molecule has 0 saturated carbocycles. The second kappa shape index (κ2) is 7.33. The minimum atomic E-state index is -3.92. The van der Waals surface area contributed by atoms with Gasteiger partial charge in [-0.15, -0.1) is 0 Å². The number of primary sulfonamides is 1. The Labute approximate surface area is 161 Å². The molecule has 0 fully saturated rings. The molecule has 0 heterocycles. The Morgan fingerprint density at radius 1 is 1.32 bits per heavy atom. The highest BCUT2D eigenvalue weighted by Crippen LogP contribution is 2.39. The normalized spacial score (nSPS) is 16.0. The maximum absolute atomic E-state index is 14.0. The van der Waals surface area contributed by atoms with E-state index in [-0.39, 0.29) is 40.0 Å². The van der Waals surface area contributed by atoms with Crippen LogP contribution in [0, 0.1) is 12.7 Å². The molecule has 0 saturated heterocycles. The van der Waals surface area contributed by atoms with Gasteiger partial charge < -0.3 is 10.1 Å². The first-order valence-corrected chi connectivity index (χ1v) is 10.0. The minimum Gasteiger partial charge on any atom is -0.483 e. The number of halogens is 1. The third-order valence-corrected chi connectivity index (χ3v) is 5.61. The average Bonchev–Trinajstić information content (AvgIpc) is 2.91. The number of hydrogen-bond acceptors (Lipinski definition) is 5. The fraction of sp³-hybridized carbons (Fsp3) is 0.263. The van der Waals surface area contributed by atoms with Gasteiger partial charge >= 0.3 is 0 Å². The summed E-state index contributed by atoms with van der Waals surface area (Å²) in [6.45, 7) is 2.91. The molecule has 7 nitrogen and oxygen atoms in total. The van der Waals surface area contributed by atoms with E-state index in [1.807, 2.05) is 0 Å². The van der Waals surface area contributed by atoms with E-state index < -0.39 is 28.4 Å². The fourth-order valence-electron chi connectivity index (χ4n) is 3.27. The second-order valence-electron chi connectivity index (χ2n) is 6.72. The quantitative estimate of drug-likeness (QED) is 0.791. The first-order valence-electron chi connectivity index (χ1n) is 8.49. The molecule has 0 bridgehead atoms. The standard InChI is InChI=1S/C19H19FN2O5S/c1-10-3-4-12(8-16(10)28(21,25)26)22-17(24)9-27-15-6-5-13(20)18-11(2)7-14(23)19(15)18/h3-6,8,11H,7,9H2,1-2H3,(H,22,24)(H2,21,25,26). The number of sulfonamides is 1. The Morgan fingerprint density at radius 2 is 2.04 bits per heavy atom. The lowest BCUT2D eigenvalue weighted by Gasteiger charge is -2.12. The summed E-state index contributed by atoms with van der Waals surface area (Å²) in [5, 5.41) is 7.66. The van der Waals surface area contributed by atoms with E-state index in [1.54, 1.807) is 13.8 Å². The van der Waals surface area contributed by atoms with E-state index in [4.69, 9.17) is 9.88 Å². The molecule has 0 radical (unpaired) electrons. The van der Waals surface area contributed by atoms with Crippen molar-refractivity contribution in [3.05, 3.63) is 52.8 Å². The average molecular weight is 406 g/mol. The molecular weight excluding hydrogens is 387 g/mol. The lowest BCUT2D eigenvalue weighted by molar-refractivity contribution is -0.118. The van der Waals surface area contributed by atoms with Crippen molar-refractivity contribution in [2.75, 3.05) is 11.9 Å². The van der Waals surface area contributed by atoms with Crippen LogP contribution in [0.5, 0.6) is 5.75 Å². The van der Waals surface area contributed by atoms with Crippen LogP contribution in [0.15, 0.2) is 35.2 Å². The molecule has 0 spiro atoms. The topological polar surface area (TPSA) is 116 Å². The molecule has 9 heteroatoms. The predicted molar refractivity (Wildman–Crippen MR) is 100 cm³/mol. The molecule has 1 amide bonds. The number of ketones is 1. The van der Waals surface area contributed by atoms with Crippen LogP contribution in [0.2, 0.25) is 0 Å². The van der Waals surface area contributed by atoms with Gasteiger partial charge in [-0.25, -0.2) is 17.9 Å². The predicted octanol–water partition coefficient (Wildman–Crippen LogP) is 2.49. The van der Waals surface area contributed by atoms with Crippen LogP contribution in [-0.2, 0) is 14.8 Å². The summed E-state index contributed by atoms with van der Waals surface area (Å²) in [7, 11) is -3.92. The van der Waals surface area contributed by atoms with Gasteiger partial charge in [0.05, 0.1) is 10.5 Å². The summed E-state index contributed by atoms with van der Waals surface area (Å²) in [6.07, 6.45) is 0.193. The van der Waals surface area contributed by atoms with Crippen molar-refractivity contribution in [1.82, 2.24) is 0 Å². The number of hydrogen-bond donors (Lipinski definition) is 2. The molecule has 1 aliphatic rings. The summed E-state index contributed by atoms with van der Waals surface area (Å²) in [4.78, 5) is 24.2. The van der Waals surface area contributed by atoms with Crippen molar-refractivity contribution in [3.63, 3.8) is 0 Å². The Bertz CT molecular complexity index is 1080. The summed E-state index contributed by atoms with van der Waals surface area (Å²) < 4.78 is 42.6. The van der Waals surface area contributed by atoms with E-state index in [0.29, 0.717) is 11.1 Å². The third-order valence-electron chi connectivity index (χ3n) is 4.55. The molecule has 3 rings (SSSR count). The first kappa shape index (κ1) is 20.0. The highest BCUT2D eigenvalue weighted by atomic mass is 32.2. The van der Waals surface area contributed by atoms with Gasteiger partial charge in [-0.3, -0.25) is 9.59 Å². The maximum Gasteiger partial charge on any atom is 0.262 e. The van der Waals surface area contributed by atoms with E-state index in [0.717, 1.165) is 0 Å². The van der Waals surface area contributed by atoms with Crippen LogP contribution in [0.25, 0.3) is 0 Å². The van der Waals surface area contributed by atoms with E-state index in [1.165, 1.54) is 30.3 Å². The van der Waals surface area contributed by atoms with Gasteiger partial charge in [0.25, 0.3) is 5.91 Å². The zero-order valence-electron chi connectivity index (χ0n) is 15.3. The van der Waals surface area contributed by atoms with Gasteiger partial charge in [0.1, 0.15) is 11.6 Å². The molecule has 1 unspecified atom stereocenters. The van der Waals surface area contributed by atoms with Crippen LogP contribution in [0.3, 0.4) is 0 Å². The number of carbonyl (C=O) groups is 2. The zero-order chi connectivity index (χ0) is 20.6. The number of ether oxygens (including phenoxy) is 1. The molecule has 3 N–H and O–H groups in total.